The molecule has 9 heteroatoms. The maximum absolute atomic E-state index is 8.90. The Kier molecular flexibility index (Phi) is 5.45. The number of aromatic nitrogens is 6. The fourth-order valence-corrected chi connectivity index (χ4v) is 3.41. The summed E-state index contributed by atoms with van der Waals surface area (Å²) in [4.78, 5) is 4.07. The van der Waals surface area contributed by atoms with E-state index in [1.807, 2.05) is 54.0 Å². The molecule has 0 saturated carbocycles. The van der Waals surface area contributed by atoms with Crippen molar-refractivity contribution in [2.75, 3.05) is 6.61 Å². The average molecular weight is 401 g/mol. The second-order valence-corrected chi connectivity index (χ2v) is 6.76. The molecule has 0 aliphatic carbocycles. The van der Waals surface area contributed by atoms with Gasteiger partial charge in [-0.3, -0.25) is 9.55 Å². The molecule has 0 unspecified atom stereocenters. The summed E-state index contributed by atoms with van der Waals surface area (Å²) in [6.07, 6.45) is 3.43. The summed E-state index contributed by atoms with van der Waals surface area (Å²) >= 11 is 1.32. The van der Waals surface area contributed by atoms with E-state index in [4.69, 9.17) is 10.00 Å². The summed E-state index contributed by atoms with van der Waals surface area (Å²) in [6.45, 7) is 2.55. The van der Waals surface area contributed by atoms with Crippen LogP contribution in [0.5, 0.6) is 5.75 Å². The van der Waals surface area contributed by atoms with E-state index < -0.39 is 0 Å². The molecule has 0 aliphatic rings. The van der Waals surface area contributed by atoms with Gasteiger partial charge in [0, 0.05) is 18.0 Å². The van der Waals surface area contributed by atoms with Crippen LogP contribution in [-0.2, 0) is 0 Å². The highest BCUT2D eigenvalue weighted by Gasteiger charge is 2.17. The number of rotatable bonds is 6. The van der Waals surface area contributed by atoms with Crippen molar-refractivity contribution >= 4 is 11.8 Å². The second-order valence-electron chi connectivity index (χ2n) is 5.78. The molecule has 142 valence electrons. The van der Waals surface area contributed by atoms with Crippen molar-refractivity contribution in [3.63, 3.8) is 0 Å². The molecule has 0 N–H and O–H groups in total. The fraction of sp³-hybridized carbons (Fsp3) is 0.100. The molecular weight excluding hydrogens is 386 g/mol. The van der Waals surface area contributed by atoms with Crippen LogP contribution in [0.2, 0.25) is 0 Å². The quantitative estimate of drug-likeness (QED) is 0.483. The maximum Gasteiger partial charge on any atom is 0.202 e. The first-order valence-electron chi connectivity index (χ1n) is 8.79. The molecular formula is C20H15N7OS. The third kappa shape index (κ3) is 4.07. The van der Waals surface area contributed by atoms with E-state index in [2.05, 4.69) is 25.4 Å². The molecule has 0 aliphatic heterocycles. The van der Waals surface area contributed by atoms with Crippen molar-refractivity contribution < 1.29 is 4.74 Å². The lowest BCUT2D eigenvalue weighted by Gasteiger charge is -2.11. The second kappa shape index (κ2) is 8.50. The van der Waals surface area contributed by atoms with Crippen molar-refractivity contribution in [3.05, 3.63) is 66.6 Å². The number of benzene rings is 1. The smallest absolute Gasteiger partial charge is 0.202 e. The number of ether oxygens (including phenoxy) is 1. The minimum atomic E-state index is 0.264. The Labute approximate surface area is 171 Å². The zero-order chi connectivity index (χ0) is 20.1. The largest absolute Gasteiger partial charge is 0.494 e. The lowest BCUT2D eigenvalue weighted by atomic mass is 10.2. The van der Waals surface area contributed by atoms with Gasteiger partial charge in [-0.25, -0.2) is 0 Å². The first-order chi connectivity index (χ1) is 14.3. The molecule has 0 amide bonds. The molecule has 3 heterocycles. The Balaban J connectivity index is 1.76. The Bertz CT molecular complexity index is 1140. The van der Waals surface area contributed by atoms with Crippen molar-refractivity contribution in [2.24, 2.45) is 0 Å². The zero-order valence-corrected chi connectivity index (χ0v) is 16.2. The summed E-state index contributed by atoms with van der Waals surface area (Å²) in [5, 5.41) is 26.8. The molecule has 4 aromatic rings. The highest BCUT2D eigenvalue weighted by molar-refractivity contribution is 7.99. The number of pyridine rings is 1. The standard InChI is InChI=1S/C20H15N7OS/c1-2-28-17-6-4-16(5-7-17)27-19(14-9-11-22-12-10-14)25-26-20(27)29-18-8-3-15(13-21)23-24-18/h3-12H,2H2,1H3. The van der Waals surface area contributed by atoms with Crippen LogP contribution < -0.4 is 4.74 Å². The van der Waals surface area contributed by atoms with Gasteiger partial charge in [-0.2, -0.15) is 5.26 Å². The van der Waals surface area contributed by atoms with Gasteiger partial charge in [0.05, 0.1) is 12.3 Å². The molecule has 3 aromatic heterocycles. The molecule has 0 fully saturated rings. The van der Waals surface area contributed by atoms with Crippen LogP contribution in [-0.4, -0.2) is 36.6 Å². The van der Waals surface area contributed by atoms with Gasteiger partial charge in [-0.1, -0.05) is 0 Å². The number of nitriles is 1. The number of nitrogens with zero attached hydrogens (tertiary/aromatic N) is 7. The first-order valence-corrected chi connectivity index (χ1v) is 9.61. The monoisotopic (exact) mass is 401 g/mol. The lowest BCUT2D eigenvalue weighted by Crippen LogP contribution is -2.00. The van der Waals surface area contributed by atoms with E-state index in [0.717, 1.165) is 17.0 Å². The van der Waals surface area contributed by atoms with Gasteiger partial charge in [-0.05, 0) is 67.2 Å². The summed E-state index contributed by atoms with van der Waals surface area (Å²) in [5.41, 5.74) is 2.04. The Hall–Kier alpha value is -3.77. The molecule has 8 nitrogen and oxygen atoms in total. The van der Waals surface area contributed by atoms with E-state index in [9.17, 15) is 0 Å². The van der Waals surface area contributed by atoms with Crippen LogP contribution in [0.4, 0.5) is 0 Å². The molecule has 1 aromatic carbocycles. The summed E-state index contributed by atoms with van der Waals surface area (Å²) in [6, 6.07) is 16.8. The third-order valence-corrected chi connectivity index (χ3v) is 4.80. The summed E-state index contributed by atoms with van der Waals surface area (Å²) in [7, 11) is 0. The Morgan fingerprint density at radius 2 is 1.76 bits per heavy atom. The van der Waals surface area contributed by atoms with Crippen LogP contribution in [0.3, 0.4) is 0 Å². The SMILES string of the molecule is CCOc1ccc(-n2c(Sc3ccc(C#N)nn3)nnc2-c2ccncc2)cc1. The summed E-state index contributed by atoms with van der Waals surface area (Å²) < 4.78 is 7.48. The average Bonchev–Trinajstić information content (AvgIpc) is 3.19. The highest BCUT2D eigenvalue weighted by atomic mass is 32.2. The van der Waals surface area contributed by atoms with Crippen LogP contribution >= 0.6 is 11.8 Å². The van der Waals surface area contributed by atoms with Crippen LogP contribution in [0.25, 0.3) is 17.1 Å². The van der Waals surface area contributed by atoms with E-state index in [1.165, 1.54) is 11.8 Å². The van der Waals surface area contributed by atoms with Crippen LogP contribution in [0.1, 0.15) is 12.6 Å². The Morgan fingerprint density at radius 3 is 2.41 bits per heavy atom. The molecule has 0 atom stereocenters. The van der Waals surface area contributed by atoms with Crippen LogP contribution in [0.15, 0.2) is 71.1 Å². The fourth-order valence-electron chi connectivity index (χ4n) is 2.64. The minimum Gasteiger partial charge on any atom is -0.494 e. The van der Waals surface area contributed by atoms with Crippen molar-refractivity contribution in [1.29, 1.82) is 5.26 Å². The van der Waals surface area contributed by atoms with E-state index in [-0.39, 0.29) is 5.69 Å². The third-order valence-electron chi connectivity index (χ3n) is 3.93. The van der Waals surface area contributed by atoms with Gasteiger partial charge in [-0.15, -0.1) is 20.4 Å². The normalized spacial score (nSPS) is 10.5. The van der Waals surface area contributed by atoms with Crippen molar-refractivity contribution in [2.45, 2.75) is 17.1 Å². The van der Waals surface area contributed by atoms with Gasteiger partial charge < -0.3 is 4.74 Å². The van der Waals surface area contributed by atoms with E-state index in [0.29, 0.717) is 22.6 Å². The first kappa shape index (κ1) is 18.6. The topological polar surface area (TPSA) is 102 Å². The molecule has 0 radical (unpaired) electrons. The van der Waals surface area contributed by atoms with E-state index in [1.54, 1.807) is 24.5 Å². The molecule has 0 saturated heterocycles. The predicted molar refractivity (Wildman–Crippen MR) is 107 cm³/mol. The highest BCUT2D eigenvalue weighted by Crippen LogP contribution is 2.31. The predicted octanol–water partition coefficient (Wildman–Crippen LogP) is 3.54. The van der Waals surface area contributed by atoms with Crippen molar-refractivity contribution in [3.8, 4) is 28.9 Å². The molecule has 0 bridgehead atoms. The molecule has 4 rings (SSSR count). The molecule has 29 heavy (non-hydrogen) atoms. The van der Waals surface area contributed by atoms with Gasteiger partial charge >= 0.3 is 0 Å². The molecule has 0 spiro atoms. The summed E-state index contributed by atoms with van der Waals surface area (Å²) in [5.74, 6) is 1.47. The van der Waals surface area contributed by atoms with Crippen LogP contribution in [0, 0.1) is 11.3 Å². The Morgan fingerprint density at radius 1 is 0.966 bits per heavy atom. The van der Waals surface area contributed by atoms with Gasteiger partial charge in [0.1, 0.15) is 16.8 Å². The number of hydrogen-bond acceptors (Lipinski definition) is 8. The lowest BCUT2D eigenvalue weighted by molar-refractivity contribution is 0.340. The maximum atomic E-state index is 8.90. The van der Waals surface area contributed by atoms with Crippen molar-refractivity contribution in [1.82, 2.24) is 29.9 Å². The minimum absolute atomic E-state index is 0.264. The van der Waals surface area contributed by atoms with Gasteiger partial charge in [0.25, 0.3) is 0 Å². The number of hydrogen-bond donors (Lipinski definition) is 0. The zero-order valence-electron chi connectivity index (χ0n) is 15.4. The van der Waals surface area contributed by atoms with E-state index >= 15 is 0 Å². The van der Waals surface area contributed by atoms with Gasteiger partial charge in [0.2, 0.25) is 5.16 Å². The van der Waals surface area contributed by atoms with Gasteiger partial charge in [0.15, 0.2) is 11.5 Å².